The number of likely N-dealkylation sites (tertiary alicyclic amines) is 1. The zero-order valence-electron chi connectivity index (χ0n) is 16.8. The van der Waals surface area contributed by atoms with Crippen molar-refractivity contribution < 1.29 is 18.7 Å². The van der Waals surface area contributed by atoms with Crippen molar-refractivity contribution in [3.63, 3.8) is 0 Å². The maximum atomic E-state index is 13.4. The third kappa shape index (κ3) is 4.01. The van der Waals surface area contributed by atoms with E-state index in [-0.39, 0.29) is 12.2 Å². The van der Waals surface area contributed by atoms with E-state index in [4.69, 9.17) is 13.9 Å². The summed E-state index contributed by atoms with van der Waals surface area (Å²) in [7, 11) is 0. The third-order valence-corrected chi connectivity index (χ3v) is 7.86. The van der Waals surface area contributed by atoms with Crippen LogP contribution >= 0.6 is 23.1 Å². The van der Waals surface area contributed by atoms with Crippen LogP contribution in [-0.4, -0.2) is 48.4 Å². The number of amides is 1. The molecule has 0 spiro atoms. The van der Waals surface area contributed by atoms with Crippen LogP contribution in [0.5, 0.6) is 0 Å². The molecule has 6 nitrogen and oxygen atoms in total. The van der Waals surface area contributed by atoms with Crippen LogP contribution in [0.1, 0.15) is 34.7 Å². The normalized spacial score (nSPS) is 18.5. The van der Waals surface area contributed by atoms with Crippen molar-refractivity contribution in [2.45, 2.75) is 36.1 Å². The van der Waals surface area contributed by atoms with Gasteiger partial charge in [-0.1, -0.05) is 30.0 Å². The lowest BCUT2D eigenvalue weighted by atomic mass is 9.96. The number of benzene rings is 1. The van der Waals surface area contributed by atoms with Gasteiger partial charge in [-0.2, -0.15) is 0 Å². The van der Waals surface area contributed by atoms with Gasteiger partial charge in [-0.3, -0.25) is 4.79 Å². The fourth-order valence-electron chi connectivity index (χ4n) is 4.11. The number of hydrogen-bond acceptors (Lipinski definition) is 7. The van der Waals surface area contributed by atoms with Crippen molar-refractivity contribution in [2.24, 2.45) is 5.92 Å². The largest absolute Gasteiger partial charge is 0.451 e. The second kappa shape index (κ2) is 8.70. The highest BCUT2D eigenvalue weighted by Crippen LogP contribution is 2.35. The Morgan fingerprint density at radius 2 is 2.00 bits per heavy atom. The number of thiazole rings is 1. The number of fused-ring (bicyclic) bond motifs is 1. The van der Waals surface area contributed by atoms with Crippen molar-refractivity contribution in [1.29, 1.82) is 0 Å². The predicted molar refractivity (Wildman–Crippen MR) is 117 cm³/mol. The van der Waals surface area contributed by atoms with Crippen LogP contribution in [0.25, 0.3) is 11.0 Å². The molecule has 5 rings (SSSR count). The van der Waals surface area contributed by atoms with E-state index in [9.17, 15) is 4.79 Å². The number of para-hydroxylation sites is 1. The van der Waals surface area contributed by atoms with Gasteiger partial charge in [0.05, 0.1) is 13.2 Å². The summed E-state index contributed by atoms with van der Waals surface area (Å²) in [5.74, 6) is 1.45. The van der Waals surface area contributed by atoms with Gasteiger partial charge >= 0.3 is 0 Å². The van der Waals surface area contributed by atoms with Gasteiger partial charge in [-0.15, -0.1) is 11.3 Å². The SMILES string of the molecule is Cc1csc(SCc2c(C(=O)N3CCC(C4OCCO4)CC3)oc3ccccc23)n1. The summed E-state index contributed by atoms with van der Waals surface area (Å²) in [5.41, 5.74) is 2.74. The summed E-state index contributed by atoms with van der Waals surface area (Å²) in [6.07, 6.45) is 1.67. The van der Waals surface area contributed by atoms with Gasteiger partial charge in [0, 0.05) is 46.8 Å². The van der Waals surface area contributed by atoms with E-state index in [1.54, 1.807) is 23.1 Å². The second-order valence-electron chi connectivity index (χ2n) is 7.69. The summed E-state index contributed by atoms with van der Waals surface area (Å²) in [5, 5.41) is 3.05. The molecule has 8 heteroatoms. The quantitative estimate of drug-likeness (QED) is 0.531. The van der Waals surface area contributed by atoms with E-state index in [0.29, 0.717) is 43.7 Å². The van der Waals surface area contributed by atoms with Crippen molar-refractivity contribution in [2.75, 3.05) is 26.3 Å². The molecular formula is C22H24N2O4S2. The molecule has 4 heterocycles. The summed E-state index contributed by atoms with van der Waals surface area (Å²) < 4.78 is 18.4. The Hall–Kier alpha value is -1.87. The van der Waals surface area contributed by atoms with Crippen molar-refractivity contribution in [3.05, 3.63) is 46.7 Å². The standard InChI is InChI=1S/C22H24N2O4S2/c1-14-12-29-22(23-14)30-13-17-16-4-2-3-5-18(16)28-19(17)20(25)24-8-6-15(7-9-24)21-26-10-11-27-21/h2-5,12,15,21H,6-11,13H2,1H3. The molecule has 2 saturated heterocycles. The van der Waals surface area contributed by atoms with Crippen molar-refractivity contribution >= 4 is 40.0 Å². The first-order valence-corrected chi connectivity index (χ1v) is 12.1. The van der Waals surface area contributed by atoms with Crippen molar-refractivity contribution in [3.8, 4) is 0 Å². The fraction of sp³-hybridized carbons (Fsp3) is 0.455. The number of hydrogen-bond donors (Lipinski definition) is 0. The summed E-state index contributed by atoms with van der Waals surface area (Å²) in [6, 6.07) is 7.88. The van der Waals surface area contributed by atoms with Crippen LogP contribution in [0, 0.1) is 12.8 Å². The summed E-state index contributed by atoms with van der Waals surface area (Å²) >= 11 is 3.29. The average Bonchev–Trinajstić information content (AvgIpc) is 3.52. The average molecular weight is 445 g/mol. The second-order valence-corrected chi connectivity index (χ2v) is 9.77. The summed E-state index contributed by atoms with van der Waals surface area (Å²) in [4.78, 5) is 19.8. The van der Waals surface area contributed by atoms with Gasteiger partial charge in [0.15, 0.2) is 12.1 Å². The van der Waals surface area contributed by atoms with E-state index in [1.165, 1.54) is 0 Å². The van der Waals surface area contributed by atoms with E-state index < -0.39 is 0 Å². The maximum Gasteiger partial charge on any atom is 0.289 e. The molecule has 2 aliphatic heterocycles. The molecule has 0 atom stereocenters. The molecule has 0 saturated carbocycles. The zero-order chi connectivity index (χ0) is 20.5. The van der Waals surface area contributed by atoms with E-state index in [0.717, 1.165) is 39.4 Å². The maximum absolute atomic E-state index is 13.4. The number of aromatic nitrogens is 1. The minimum Gasteiger partial charge on any atom is -0.451 e. The molecule has 2 aliphatic rings. The number of furan rings is 1. The lowest BCUT2D eigenvalue weighted by molar-refractivity contribution is -0.0956. The number of carbonyl (C=O) groups excluding carboxylic acids is 1. The number of ether oxygens (including phenoxy) is 2. The van der Waals surface area contributed by atoms with Crippen LogP contribution in [-0.2, 0) is 15.2 Å². The van der Waals surface area contributed by atoms with E-state index in [2.05, 4.69) is 4.98 Å². The number of carbonyl (C=O) groups is 1. The molecule has 0 unspecified atom stereocenters. The Morgan fingerprint density at radius 1 is 1.23 bits per heavy atom. The Labute approximate surface area is 183 Å². The van der Waals surface area contributed by atoms with Gasteiger partial charge in [0.25, 0.3) is 5.91 Å². The van der Waals surface area contributed by atoms with Crippen molar-refractivity contribution in [1.82, 2.24) is 9.88 Å². The molecule has 0 N–H and O–H groups in total. The Bertz CT molecular complexity index is 1030. The predicted octanol–water partition coefficient (Wildman–Crippen LogP) is 4.72. The van der Waals surface area contributed by atoms with Gasteiger partial charge in [0.2, 0.25) is 0 Å². The van der Waals surface area contributed by atoms with E-state index in [1.807, 2.05) is 41.5 Å². The number of nitrogens with zero attached hydrogens (tertiary/aromatic N) is 2. The Kier molecular flexibility index (Phi) is 5.82. The van der Waals surface area contributed by atoms with Gasteiger partial charge in [-0.25, -0.2) is 4.98 Å². The molecule has 0 radical (unpaired) electrons. The number of rotatable bonds is 5. The summed E-state index contributed by atoms with van der Waals surface area (Å²) in [6.45, 7) is 4.73. The van der Waals surface area contributed by atoms with Crippen LogP contribution in [0.2, 0.25) is 0 Å². The van der Waals surface area contributed by atoms with Crippen LogP contribution in [0.15, 0.2) is 38.4 Å². The first-order valence-electron chi connectivity index (χ1n) is 10.3. The molecule has 3 aromatic rings. The Morgan fingerprint density at radius 3 is 2.73 bits per heavy atom. The van der Waals surface area contributed by atoms with Crippen LogP contribution < -0.4 is 0 Å². The Balaban J connectivity index is 1.34. The lowest BCUT2D eigenvalue weighted by Gasteiger charge is -2.33. The monoisotopic (exact) mass is 444 g/mol. The van der Waals surface area contributed by atoms with Gasteiger partial charge in [0.1, 0.15) is 9.92 Å². The molecule has 0 aliphatic carbocycles. The molecule has 0 bridgehead atoms. The topological polar surface area (TPSA) is 64.8 Å². The minimum atomic E-state index is -0.109. The lowest BCUT2D eigenvalue weighted by Crippen LogP contribution is -2.41. The highest BCUT2D eigenvalue weighted by molar-refractivity contribution is 8.00. The minimum absolute atomic E-state index is 0.0242. The smallest absolute Gasteiger partial charge is 0.289 e. The molecular weight excluding hydrogens is 420 g/mol. The zero-order valence-corrected chi connectivity index (χ0v) is 18.5. The van der Waals surface area contributed by atoms with Gasteiger partial charge in [-0.05, 0) is 25.8 Å². The van der Waals surface area contributed by atoms with Gasteiger partial charge < -0.3 is 18.8 Å². The van der Waals surface area contributed by atoms with Crippen LogP contribution in [0.4, 0.5) is 0 Å². The highest BCUT2D eigenvalue weighted by atomic mass is 32.2. The number of aryl methyl sites for hydroxylation is 1. The first-order chi connectivity index (χ1) is 14.7. The van der Waals surface area contributed by atoms with E-state index >= 15 is 0 Å². The van der Waals surface area contributed by atoms with Crippen LogP contribution in [0.3, 0.4) is 0 Å². The molecule has 2 fully saturated rings. The molecule has 2 aromatic heterocycles. The first kappa shape index (κ1) is 20.1. The third-order valence-electron chi connectivity index (χ3n) is 5.69. The molecule has 30 heavy (non-hydrogen) atoms. The number of piperidine rings is 1. The molecule has 1 amide bonds. The highest BCUT2D eigenvalue weighted by Gasteiger charge is 2.33. The molecule has 1 aromatic carbocycles. The molecule has 158 valence electrons. The number of thioether (sulfide) groups is 1. The fourth-order valence-corrected chi connectivity index (χ4v) is 5.99.